The van der Waals surface area contributed by atoms with E-state index in [1.165, 1.54) is 17.0 Å². The van der Waals surface area contributed by atoms with Crippen molar-refractivity contribution >= 4 is 40.5 Å². The molecule has 2 atom stereocenters. The number of nitro benzene ring substituents is 1. The highest BCUT2D eigenvalue weighted by atomic mass is 35.5. The highest BCUT2D eigenvalue weighted by Gasteiger charge is 2.42. The van der Waals surface area contributed by atoms with Gasteiger partial charge in [-0.25, -0.2) is 0 Å². The second-order valence-corrected chi connectivity index (χ2v) is 10.6. The van der Waals surface area contributed by atoms with Crippen molar-refractivity contribution in [3.05, 3.63) is 99.1 Å². The van der Waals surface area contributed by atoms with Crippen molar-refractivity contribution in [2.24, 2.45) is 0 Å². The number of anilines is 2. The molecule has 1 aliphatic carbocycles. The van der Waals surface area contributed by atoms with Crippen LogP contribution in [0.5, 0.6) is 0 Å². The minimum atomic E-state index is -1.16. The van der Waals surface area contributed by atoms with Gasteiger partial charge in [0.25, 0.3) is 11.6 Å². The zero-order valence-corrected chi connectivity index (χ0v) is 22.7. The van der Waals surface area contributed by atoms with Gasteiger partial charge in [-0.1, -0.05) is 67.3 Å². The maximum atomic E-state index is 14.2. The van der Waals surface area contributed by atoms with E-state index < -0.39 is 28.8 Å². The lowest BCUT2D eigenvalue weighted by Gasteiger charge is -2.33. The van der Waals surface area contributed by atoms with E-state index in [4.69, 9.17) is 16.3 Å². The van der Waals surface area contributed by atoms with E-state index in [9.17, 15) is 19.7 Å². The van der Waals surface area contributed by atoms with Gasteiger partial charge in [-0.3, -0.25) is 24.6 Å². The summed E-state index contributed by atoms with van der Waals surface area (Å²) in [6, 6.07) is 18.5. The molecule has 0 aromatic heterocycles. The Kier molecular flexibility index (Phi) is 8.62. The molecule has 3 aromatic carbocycles. The van der Waals surface area contributed by atoms with Crippen LogP contribution in [0.4, 0.5) is 17.1 Å². The molecule has 1 aliphatic heterocycles. The number of benzene rings is 3. The SMILES string of the molecule is O=C(NC1CCCCC1)C1c2cc([N+](=O)[O-])ccc2NC(COCc2ccccc2)C(=O)N1c1cccc(Cl)c1. The van der Waals surface area contributed by atoms with Crippen LogP contribution < -0.4 is 15.5 Å². The average molecular weight is 563 g/mol. The Morgan fingerprint density at radius 1 is 1.05 bits per heavy atom. The standard InChI is InChI=1S/C30H31ClN4O5/c31-21-10-7-13-23(16-21)34-28(29(36)32-22-11-5-2-6-12-22)25-17-24(35(38)39)14-15-26(25)33-27(30(34)37)19-40-18-20-8-3-1-4-9-20/h1,3-4,7-10,13-17,22,27-28,33H,2,5-6,11-12,18-19H2,(H,32,36). The molecule has 40 heavy (non-hydrogen) atoms. The summed E-state index contributed by atoms with van der Waals surface area (Å²) in [6.45, 7) is 0.306. The molecule has 2 N–H and O–H groups in total. The normalized spacial score (nSPS) is 19.3. The number of carbonyl (C=O) groups excluding carboxylic acids is 2. The summed E-state index contributed by atoms with van der Waals surface area (Å²) < 4.78 is 5.94. The van der Waals surface area contributed by atoms with Crippen molar-refractivity contribution in [3.63, 3.8) is 0 Å². The third-order valence-corrected chi connectivity index (χ3v) is 7.58. The van der Waals surface area contributed by atoms with Crippen LogP contribution in [0.1, 0.15) is 49.3 Å². The van der Waals surface area contributed by atoms with Crippen molar-refractivity contribution in [3.8, 4) is 0 Å². The molecule has 2 unspecified atom stereocenters. The molecule has 0 spiro atoms. The molecule has 0 saturated heterocycles. The lowest BCUT2D eigenvalue weighted by Crippen LogP contribution is -2.50. The number of rotatable bonds is 8. The fourth-order valence-corrected chi connectivity index (χ4v) is 5.56. The fraction of sp³-hybridized carbons (Fsp3) is 0.333. The number of fused-ring (bicyclic) bond motifs is 1. The van der Waals surface area contributed by atoms with Crippen LogP contribution in [0, 0.1) is 10.1 Å². The second-order valence-electron chi connectivity index (χ2n) is 10.2. The smallest absolute Gasteiger partial charge is 0.269 e. The van der Waals surface area contributed by atoms with Gasteiger partial charge in [-0.15, -0.1) is 0 Å². The van der Waals surface area contributed by atoms with E-state index in [2.05, 4.69) is 10.6 Å². The van der Waals surface area contributed by atoms with Gasteiger partial charge >= 0.3 is 0 Å². The molecule has 3 aromatic rings. The molecule has 1 heterocycles. The minimum Gasteiger partial charge on any atom is -0.374 e. The largest absolute Gasteiger partial charge is 0.374 e. The summed E-state index contributed by atoms with van der Waals surface area (Å²) in [7, 11) is 0. The van der Waals surface area contributed by atoms with Crippen LogP contribution in [0.2, 0.25) is 5.02 Å². The maximum absolute atomic E-state index is 14.2. The molecule has 0 bridgehead atoms. The first-order valence-electron chi connectivity index (χ1n) is 13.5. The molecule has 208 valence electrons. The number of amides is 2. The average Bonchev–Trinajstić information content (AvgIpc) is 3.08. The monoisotopic (exact) mass is 562 g/mol. The molecule has 1 fully saturated rings. The molecule has 0 radical (unpaired) electrons. The Morgan fingerprint density at radius 2 is 1.82 bits per heavy atom. The zero-order valence-electron chi connectivity index (χ0n) is 21.9. The molecule has 10 heteroatoms. The second kappa shape index (κ2) is 12.5. The quantitative estimate of drug-likeness (QED) is 0.266. The van der Waals surface area contributed by atoms with E-state index in [0.29, 0.717) is 28.6 Å². The number of nitrogens with one attached hydrogen (secondary N) is 2. The van der Waals surface area contributed by atoms with Crippen LogP contribution in [-0.2, 0) is 20.9 Å². The number of ether oxygens (including phenoxy) is 1. The Labute approximate surface area is 237 Å². The van der Waals surface area contributed by atoms with Gasteiger partial charge in [0.1, 0.15) is 12.1 Å². The number of nitrogens with zero attached hydrogens (tertiary/aromatic N) is 2. The third-order valence-electron chi connectivity index (χ3n) is 7.35. The van der Waals surface area contributed by atoms with Gasteiger partial charge in [0.2, 0.25) is 5.91 Å². The zero-order chi connectivity index (χ0) is 28.1. The molecular formula is C30H31ClN4O5. The topological polar surface area (TPSA) is 114 Å². The lowest BCUT2D eigenvalue weighted by atomic mass is 9.94. The van der Waals surface area contributed by atoms with Gasteiger partial charge in [0, 0.05) is 40.1 Å². The first-order chi connectivity index (χ1) is 19.4. The van der Waals surface area contributed by atoms with Crippen LogP contribution in [-0.4, -0.2) is 35.4 Å². The van der Waals surface area contributed by atoms with Gasteiger partial charge in [0.15, 0.2) is 0 Å². The predicted molar refractivity (Wildman–Crippen MR) is 153 cm³/mol. The van der Waals surface area contributed by atoms with E-state index >= 15 is 0 Å². The van der Waals surface area contributed by atoms with Crippen molar-refractivity contribution in [1.82, 2.24) is 5.32 Å². The Morgan fingerprint density at radius 3 is 2.55 bits per heavy atom. The number of carbonyl (C=O) groups is 2. The Hall–Kier alpha value is -3.95. The van der Waals surface area contributed by atoms with Crippen molar-refractivity contribution in [2.45, 2.75) is 56.8 Å². The first-order valence-corrected chi connectivity index (χ1v) is 13.8. The first kappa shape index (κ1) is 27.6. The van der Waals surface area contributed by atoms with E-state index in [-0.39, 0.29) is 18.3 Å². The molecule has 5 rings (SSSR count). The number of non-ortho nitro benzene ring substituents is 1. The van der Waals surface area contributed by atoms with Gasteiger partial charge < -0.3 is 15.4 Å². The summed E-state index contributed by atoms with van der Waals surface area (Å²) >= 11 is 6.32. The summed E-state index contributed by atoms with van der Waals surface area (Å²) in [6.07, 6.45) is 4.83. The van der Waals surface area contributed by atoms with Gasteiger partial charge in [0.05, 0.1) is 18.1 Å². The summed E-state index contributed by atoms with van der Waals surface area (Å²) in [5.41, 5.74) is 1.99. The van der Waals surface area contributed by atoms with E-state index in [1.807, 2.05) is 30.3 Å². The van der Waals surface area contributed by atoms with Gasteiger partial charge in [-0.05, 0) is 42.7 Å². The number of hydrogen-bond acceptors (Lipinski definition) is 6. The van der Waals surface area contributed by atoms with Crippen molar-refractivity contribution < 1.29 is 19.2 Å². The highest BCUT2D eigenvalue weighted by molar-refractivity contribution is 6.31. The highest BCUT2D eigenvalue weighted by Crippen LogP contribution is 2.39. The molecule has 1 saturated carbocycles. The Bertz CT molecular complexity index is 1380. The molecule has 9 nitrogen and oxygen atoms in total. The number of halogens is 1. The van der Waals surface area contributed by atoms with Gasteiger partial charge in [-0.2, -0.15) is 0 Å². The van der Waals surface area contributed by atoms with Crippen molar-refractivity contribution in [2.75, 3.05) is 16.8 Å². The number of hydrogen-bond donors (Lipinski definition) is 2. The lowest BCUT2D eigenvalue weighted by molar-refractivity contribution is -0.384. The Balaban J connectivity index is 1.55. The van der Waals surface area contributed by atoms with Crippen molar-refractivity contribution in [1.29, 1.82) is 0 Å². The predicted octanol–water partition coefficient (Wildman–Crippen LogP) is 5.78. The molecular weight excluding hydrogens is 532 g/mol. The minimum absolute atomic E-state index is 0.0121. The molecule has 2 amide bonds. The third kappa shape index (κ3) is 6.26. The fourth-order valence-electron chi connectivity index (χ4n) is 5.37. The van der Waals surface area contributed by atoms with Crippen LogP contribution >= 0.6 is 11.6 Å². The maximum Gasteiger partial charge on any atom is 0.269 e. The summed E-state index contributed by atoms with van der Waals surface area (Å²) in [4.78, 5) is 40.9. The van der Waals surface area contributed by atoms with E-state index in [1.54, 1.807) is 30.3 Å². The van der Waals surface area contributed by atoms with Crippen LogP contribution in [0.15, 0.2) is 72.8 Å². The van der Waals surface area contributed by atoms with Crippen LogP contribution in [0.25, 0.3) is 0 Å². The molecule has 2 aliphatic rings. The van der Waals surface area contributed by atoms with E-state index in [0.717, 1.165) is 37.7 Å². The van der Waals surface area contributed by atoms with Crippen LogP contribution in [0.3, 0.4) is 0 Å². The number of nitro groups is 1. The summed E-state index contributed by atoms with van der Waals surface area (Å²) in [5, 5.41) is 18.5. The summed E-state index contributed by atoms with van der Waals surface area (Å²) in [5.74, 6) is -0.799.